The normalized spacial score (nSPS) is 28.6. The van der Waals surface area contributed by atoms with Crippen molar-refractivity contribution in [2.24, 2.45) is 0 Å². The Kier molecular flexibility index (Phi) is 8.95. The van der Waals surface area contributed by atoms with Crippen molar-refractivity contribution in [1.29, 1.82) is 0 Å². The first-order valence-electron chi connectivity index (χ1n) is 13.4. The first kappa shape index (κ1) is 5.34. The maximum atomic E-state index is 8.80. The van der Waals surface area contributed by atoms with Gasteiger partial charge in [0.1, 0.15) is 0 Å². The molecule has 0 aromatic carbocycles. The van der Waals surface area contributed by atoms with Crippen LogP contribution in [0.15, 0.2) is 0 Å². The van der Waals surface area contributed by atoms with Crippen LogP contribution in [0.3, 0.4) is 0 Å². The fraction of sp³-hybridized carbons (Fsp3) is 1.00. The topological polar surface area (TPSA) is 60.7 Å². The highest BCUT2D eigenvalue weighted by Crippen LogP contribution is 1.90. The molecule has 0 spiro atoms. The second-order valence-corrected chi connectivity index (χ2v) is 2.49. The van der Waals surface area contributed by atoms with Crippen LogP contribution in [-0.4, -0.2) is 35.0 Å². The summed E-state index contributed by atoms with van der Waals surface area (Å²) in [6.45, 7) is -2.75. The van der Waals surface area contributed by atoms with Crippen LogP contribution in [0.4, 0.5) is 0 Å². The van der Waals surface area contributed by atoms with E-state index in [2.05, 4.69) is 0 Å². The third-order valence-electron chi connectivity index (χ3n) is 1.11. The van der Waals surface area contributed by atoms with Gasteiger partial charge >= 0.3 is 0 Å². The molecule has 0 aliphatic carbocycles. The lowest BCUT2D eigenvalue weighted by Crippen LogP contribution is -1.78. The number of hydrogen-bond donors (Lipinski definition) is 3. The summed E-state index contributed by atoms with van der Waals surface area (Å²) >= 11 is 0. The van der Waals surface area contributed by atoms with E-state index in [4.69, 9.17) is 37.3 Å². The molecule has 0 fully saturated rings. The molecule has 0 unspecified atom stereocenters. The van der Waals surface area contributed by atoms with Gasteiger partial charge in [0.25, 0.3) is 0 Å². The van der Waals surface area contributed by atoms with Crippen molar-refractivity contribution >= 4 is 0 Å². The average molecular weight is 281 g/mol. The molecule has 0 saturated heterocycles. The molecule has 3 heteroatoms. The molecule has 0 aromatic heterocycles. The van der Waals surface area contributed by atoms with Gasteiger partial charge in [-0.1, -0.05) is 59.1 Å². The Bertz CT molecular complexity index is 532. The van der Waals surface area contributed by atoms with Gasteiger partial charge in [0.05, 0.1) is 5.48 Å². The Balaban J connectivity index is -0.000000434. The van der Waals surface area contributed by atoms with E-state index in [9.17, 15) is 0 Å². The molecule has 0 saturated carbocycles. The van der Waals surface area contributed by atoms with Gasteiger partial charge in [-0.3, -0.25) is 0 Å². The van der Waals surface area contributed by atoms with E-state index in [1.807, 2.05) is 0 Å². The Morgan fingerprint density at radius 3 is 1.56 bits per heavy atom. The molecular weight excluding hydrogens is 228 g/mol. The van der Waals surface area contributed by atoms with Crippen molar-refractivity contribution in [3.05, 3.63) is 0 Å². The molecule has 0 bridgehead atoms. The summed E-state index contributed by atoms with van der Waals surface area (Å²) in [5, 5.41) is 25.8. The van der Waals surface area contributed by atoms with Crippen molar-refractivity contribution in [2.75, 3.05) is 19.7 Å². The minimum absolute atomic E-state index is 0.0382. The molecule has 0 aromatic rings. The van der Waals surface area contributed by atoms with Crippen LogP contribution in [0, 0.1) is 0 Å². The van der Waals surface area contributed by atoms with Gasteiger partial charge < -0.3 is 15.3 Å². The molecule has 0 radical (unpaired) electrons. The molecule has 0 aliphatic rings. The monoisotopic (exact) mass is 280 g/mol. The molecular formula is C15H36O3. The zero-order valence-corrected chi connectivity index (χ0v) is 11.2. The summed E-state index contributed by atoms with van der Waals surface area (Å²) in [7, 11) is 0. The number of aliphatic hydroxyl groups excluding tert-OH is 1. The van der Waals surface area contributed by atoms with Gasteiger partial charge in [-0.2, -0.15) is 0 Å². The molecule has 0 atom stereocenters. The van der Waals surface area contributed by atoms with Gasteiger partial charge in [0, 0.05) is 36.2 Å². The summed E-state index contributed by atoms with van der Waals surface area (Å²) in [4.78, 5) is 0. The van der Waals surface area contributed by atoms with Crippen molar-refractivity contribution < 1.29 is 37.3 Å². The zero-order valence-electron chi connectivity index (χ0n) is 27.2. The minimum atomic E-state index is -3.44. The van der Waals surface area contributed by atoms with E-state index in [1.165, 1.54) is 6.92 Å². The van der Waals surface area contributed by atoms with E-state index in [0.29, 0.717) is 0 Å². The van der Waals surface area contributed by atoms with Gasteiger partial charge in [-0.05, 0) is 19.2 Å². The van der Waals surface area contributed by atoms with Crippen LogP contribution in [0.1, 0.15) is 100 Å². The fourth-order valence-corrected chi connectivity index (χ4v) is 0.452. The second kappa shape index (κ2) is 30.2. The van der Waals surface area contributed by atoms with Crippen LogP contribution >= 0.6 is 0 Å². The third kappa shape index (κ3) is 44.6. The number of aliphatic hydroxyl groups is 3. The molecule has 3 nitrogen and oxygen atoms in total. The predicted molar refractivity (Wildman–Crippen MR) is 79.8 cm³/mol. The molecule has 18 heavy (non-hydrogen) atoms. The van der Waals surface area contributed by atoms with Gasteiger partial charge in [0.15, 0.2) is 0 Å². The highest BCUT2D eigenvalue weighted by Gasteiger charge is 1.77. The summed E-state index contributed by atoms with van der Waals surface area (Å²) in [5.74, 6) is 0. The maximum absolute atomic E-state index is 8.80. The summed E-state index contributed by atoms with van der Waals surface area (Å²) < 4.78 is 112. The quantitative estimate of drug-likeness (QED) is 0.606. The van der Waals surface area contributed by atoms with Gasteiger partial charge in [0.2, 0.25) is 0 Å². The lowest BCUT2D eigenvalue weighted by Gasteiger charge is -1.85. The molecule has 114 valence electrons. The smallest absolute Gasteiger partial charge is 0.0564 e. The number of rotatable bonds is 9. The van der Waals surface area contributed by atoms with Crippen LogP contribution in [0.5, 0.6) is 0 Å². The molecule has 0 rings (SSSR count). The van der Waals surface area contributed by atoms with Crippen LogP contribution in [-0.2, 0) is 0 Å². The Hall–Kier alpha value is -0.120. The third-order valence-corrected chi connectivity index (χ3v) is 1.11. The van der Waals surface area contributed by atoms with Crippen LogP contribution in [0.2, 0.25) is 0 Å². The SMILES string of the molecule is [2H]C([2H])(C)C([2H])([2H])C([2H])([2H])C([2H])([2H])O.[2H]C([2H])(C)CCC([2H])([2H])O.[2H]C([2H])(CC)C([2H])([2H])CO. The number of hydrogen-bond acceptors (Lipinski definition) is 3. The van der Waals surface area contributed by atoms with Crippen LogP contribution < -0.4 is 0 Å². The van der Waals surface area contributed by atoms with E-state index in [1.54, 1.807) is 6.92 Å². The van der Waals surface area contributed by atoms with Crippen molar-refractivity contribution in [3.63, 3.8) is 0 Å². The Morgan fingerprint density at radius 1 is 0.722 bits per heavy atom. The molecule has 0 amide bonds. The zero-order chi connectivity index (χ0) is 28.8. The molecule has 0 heterocycles. The highest BCUT2D eigenvalue weighted by molar-refractivity contribution is 4.31. The lowest BCUT2D eigenvalue weighted by atomic mass is 10.3. The fourth-order valence-electron chi connectivity index (χ4n) is 0.452. The molecule has 0 aliphatic heterocycles. The standard InChI is InChI=1S/3C5H12O/c3*1-2-3-4-5-6/h3*6H,2-5H2,1H3/i2D2,3D2,4D2,5D2;3D2,4D2;2D2,5D2. The Morgan fingerprint density at radius 2 is 1.39 bits per heavy atom. The first-order chi connectivity index (χ1) is 14.3. The summed E-state index contributed by atoms with van der Waals surface area (Å²) in [5.41, 5.74) is 0. The summed E-state index contributed by atoms with van der Waals surface area (Å²) in [6.07, 6.45) is -14.6. The Labute approximate surface area is 137 Å². The van der Waals surface area contributed by atoms with E-state index in [0.717, 1.165) is 6.92 Å². The first-order valence-corrected chi connectivity index (χ1v) is 5.38. The van der Waals surface area contributed by atoms with Crippen molar-refractivity contribution in [1.82, 2.24) is 0 Å². The van der Waals surface area contributed by atoms with E-state index < -0.39 is 58.0 Å². The highest BCUT2D eigenvalue weighted by atomic mass is 16.3. The van der Waals surface area contributed by atoms with Gasteiger partial charge in [-0.15, -0.1) is 0 Å². The van der Waals surface area contributed by atoms with Crippen LogP contribution in [0.25, 0.3) is 0 Å². The maximum Gasteiger partial charge on any atom is 0.0564 e. The van der Waals surface area contributed by atoms with Gasteiger partial charge in [-0.25, -0.2) is 0 Å². The second-order valence-electron chi connectivity index (χ2n) is 2.49. The van der Waals surface area contributed by atoms with E-state index >= 15 is 0 Å². The lowest BCUT2D eigenvalue weighted by molar-refractivity contribution is 0.284. The van der Waals surface area contributed by atoms with Crippen molar-refractivity contribution in [3.8, 4) is 0 Å². The summed E-state index contributed by atoms with van der Waals surface area (Å²) in [6, 6.07) is 0. The molecule has 3 N–H and O–H groups in total. The average Bonchev–Trinajstić information content (AvgIpc) is 2.57. The van der Waals surface area contributed by atoms with Crippen molar-refractivity contribution in [2.45, 2.75) is 78.3 Å². The minimum Gasteiger partial charge on any atom is -0.396 e. The predicted octanol–water partition coefficient (Wildman–Crippen LogP) is 3.51. The largest absolute Gasteiger partial charge is 0.396 e. The van der Waals surface area contributed by atoms with E-state index in [-0.39, 0.29) is 19.3 Å².